The number of esters is 2. The zero-order valence-corrected chi connectivity index (χ0v) is 20.7. The average Bonchev–Trinajstić information content (AvgIpc) is 2.72. The quantitative estimate of drug-likeness (QED) is 0.0989. The van der Waals surface area contributed by atoms with E-state index in [1.54, 1.807) is 0 Å². The van der Waals surface area contributed by atoms with Gasteiger partial charge in [0.25, 0.3) is 0 Å². The van der Waals surface area contributed by atoms with Gasteiger partial charge in [-0.2, -0.15) is 0 Å². The highest BCUT2D eigenvalue weighted by atomic mass is 16.6. The van der Waals surface area contributed by atoms with Crippen LogP contribution in [0.3, 0.4) is 0 Å². The maximum atomic E-state index is 11.8. The Balaban J connectivity index is 3.44. The molecule has 1 atom stereocenters. The van der Waals surface area contributed by atoms with Crippen molar-refractivity contribution in [3.8, 4) is 0 Å². The van der Waals surface area contributed by atoms with Gasteiger partial charge < -0.3 is 4.74 Å². The fraction of sp³-hybridized carbons (Fsp3) is 0.926. The summed E-state index contributed by atoms with van der Waals surface area (Å²) >= 11 is 0. The fourth-order valence-electron chi connectivity index (χ4n) is 3.99. The van der Waals surface area contributed by atoms with Crippen molar-refractivity contribution in [1.29, 1.82) is 0 Å². The summed E-state index contributed by atoms with van der Waals surface area (Å²) in [4.78, 5) is 23.6. The molecule has 0 aromatic heterocycles. The van der Waals surface area contributed by atoms with Crippen molar-refractivity contribution in [3.63, 3.8) is 0 Å². The minimum Gasteiger partial charge on any atom is -0.393 e. The molecule has 30 heavy (non-hydrogen) atoms. The van der Waals surface area contributed by atoms with Crippen molar-refractivity contribution >= 4 is 11.9 Å². The van der Waals surface area contributed by atoms with Gasteiger partial charge in [0.15, 0.2) is 0 Å². The molecular weight excluding hydrogens is 372 g/mol. The highest BCUT2D eigenvalue weighted by molar-refractivity contribution is 5.85. The van der Waals surface area contributed by atoms with Crippen LogP contribution in [0.4, 0.5) is 0 Å². The molecule has 0 saturated heterocycles. The zero-order chi connectivity index (χ0) is 22.3. The molecule has 0 spiro atoms. The summed E-state index contributed by atoms with van der Waals surface area (Å²) in [5.41, 5.74) is 0. The molecule has 3 heteroatoms. The lowest BCUT2D eigenvalue weighted by Gasteiger charge is -2.10. The molecule has 0 bridgehead atoms. The van der Waals surface area contributed by atoms with Crippen LogP contribution in [0.15, 0.2) is 0 Å². The average molecular weight is 425 g/mol. The molecule has 0 aromatic carbocycles. The Bertz CT molecular complexity index is 392. The van der Waals surface area contributed by atoms with Gasteiger partial charge in [0.1, 0.15) is 0 Å². The first kappa shape index (κ1) is 29.1. The SMILES string of the molecule is CCCCCCCCCCCCC(=O)OC(=O)CCCCC(C)CCCCCCC. The van der Waals surface area contributed by atoms with Crippen LogP contribution in [-0.4, -0.2) is 11.9 Å². The van der Waals surface area contributed by atoms with E-state index in [0.717, 1.165) is 31.6 Å². The number of hydrogen-bond donors (Lipinski definition) is 0. The molecule has 0 radical (unpaired) electrons. The predicted molar refractivity (Wildman–Crippen MR) is 129 cm³/mol. The Hall–Kier alpha value is -0.860. The first-order valence-corrected chi connectivity index (χ1v) is 13.3. The number of rotatable bonds is 22. The summed E-state index contributed by atoms with van der Waals surface area (Å²) in [6, 6.07) is 0. The minimum absolute atomic E-state index is 0.333. The first-order chi connectivity index (χ1) is 14.6. The molecule has 0 aliphatic heterocycles. The summed E-state index contributed by atoms with van der Waals surface area (Å²) in [7, 11) is 0. The Morgan fingerprint density at radius 3 is 1.33 bits per heavy atom. The number of carbonyl (C=O) groups excluding carboxylic acids is 2. The Kier molecular flexibility index (Phi) is 22.2. The molecule has 0 heterocycles. The molecule has 0 fully saturated rings. The van der Waals surface area contributed by atoms with Crippen LogP contribution in [0, 0.1) is 5.92 Å². The van der Waals surface area contributed by atoms with Crippen molar-refractivity contribution in [2.75, 3.05) is 0 Å². The summed E-state index contributed by atoms with van der Waals surface area (Å²) in [6.07, 6.45) is 24.2. The second-order valence-corrected chi connectivity index (χ2v) is 9.33. The molecule has 0 rings (SSSR count). The molecule has 0 amide bonds. The van der Waals surface area contributed by atoms with Crippen LogP contribution in [-0.2, 0) is 14.3 Å². The number of ether oxygens (including phenoxy) is 1. The van der Waals surface area contributed by atoms with Gasteiger partial charge in [0.2, 0.25) is 0 Å². The van der Waals surface area contributed by atoms with Gasteiger partial charge in [0.05, 0.1) is 0 Å². The highest BCUT2D eigenvalue weighted by Gasteiger charge is 2.10. The van der Waals surface area contributed by atoms with Crippen molar-refractivity contribution in [2.24, 2.45) is 5.92 Å². The Morgan fingerprint density at radius 2 is 0.867 bits per heavy atom. The van der Waals surface area contributed by atoms with Gasteiger partial charge in [-0.05, 0) is 18.8 Å². The van der Waals surface area contributed by atoms with E-state index < -0.39 is 0 Å². The summed E-state index contributed by atoms with van der Waals surface area (Å²) in [6.45, 7) is 6.81. The smallest absolute Gasteiger partial charge is 0.313 e. The van der Waals surface area contributed by atoms with Gasteiger partial charge >= 0.3 is 11.9 Å². The van der Waals surface area contributed by atoms with Crippen molar-refractivity contribution < 1.29 is 14.3 Å². The second kappa shape index (κ2) is 22.8. The Labute approximate surface area is 188 Å². The minimum atomic E-state index is -0.334. The topological polar surface area (TPSA) is 43.4 Å². The molecule has 0 saturated carbocycles. The lowest BCUT2D eigenvalue weighted by molar-refractivity contribution is -0.159. The highest BCUT2D eigenvalue weighted by Crippen LogP contribution is 2.17. The zero-order valence-electron chi connectivity index (χ0n) is 20.7. The lowest BCUT2D eigenvalue weighted by atomic mass is 9.96. The van der Waals surface area contributed by atoms with Gasteiger partial charge in [0, 0.05) is 12.8 Å². The van der Waals surface area contributed by atoms with Crippen LogP contribution in [0.5, 0.6) is 0 Å². The maximum absolute atomic E-state index is 11.8. The van der Waals surface area contributed by atoms with Crippen LogP contribution < -0.4 is 0 Å². The molecule has 1 unspecified atom stereocenters. The molecule has 0 aliphatic rings. The van der Waals surface area contributed by atoms with E-state index in [-0.39, 0.29) is 11.9 Å². The summed E-state index contributed by atoms with van der Waals surface area (Å²) < 4.78 is 4.96. The van der Waals surface area contributed by atoms with Gasteiger partial charge in [-0.3, -0.25) is 9.59 Å². The molecule has 3 nitrogen and oxygen atoms in total. The monoisotopic (exact) mass is 424 g/mol. The Morgan fingerprint density at radius 1 is 0.533 bits per heavy atom. The van der Waals surface area contributed by atoms with Gasteiger partial charge in [-0.15, -0.1) is 0 Å². The third-order valence-corrected chi connectivity index (χ3v) is 6.09. The van der Waals surface area contributed by atoms with Crippen LogP contribution >= 0.6 is 0 Å². The van der Waals surface area contributed by atoms with E-state index in [1.165, 1.54) is 96.3 Å². The predicted octanol–water partition coefficient (Wildman–Crippen LogP) is 8.92. The standard InChI is InChI=1S/C27H52O3/c1-4-6-8-10-11-12-13-14-16-18-23-26(28)30-27(29)24-20-19-22-25(3)21-17-15-9-7-5-2/h25H,4-24H2,1-3H3. The van der Waals surface area contributed by atoms with E-state index in [1.807, 2.05) is 0 Å². The summed E-state index contributed by atoms with van der Waals surface area (Å²) in [5, 5.41) is 0. The molecule has 0 N–H and O–H groups in total. The maximum Gasteiger partial charge on any atom is 0.313 e. The third kappa shape index (κ3) is 21.8. The first-order valence-electron chi connectivity index (χ1n) is 13.3. The fourth-order valence-corrected chi connectivity index (χ4v) is 3.99. The van der Waals surface area contributed by atoms with Crippen molar-refractivity contribution in [1.82, 2.24) is 0 Å². The van der Waals surface area contributed by atoms with Crippen molar-refractivity contribution in [2.45, 2.75) is 156 Å². The third-order valence-electron chi connectivity index (χ3n) is 6.09. The number of carbonyl (C=O) groups is 2. The van der Waals surface area contributed by atoms with E-state index in [0.29, 0.717) is 12.8 Å². The van der Waals surface area contributed by atoms with Crippen LogP contribution in [0.1, 0.15) is 156 Å². The largest absolute Gasteiger partial charge is 0.393 e. The lowest BCUT2D eigenvalue weighted by Crippen LogP contribution is -2.12. The van der Waals surface area contributed by atoms with E-state index in [2.05, 4.69) is 20.8 Å². The summed E-state index contributed by atoms with van der Waals surface area (Å²) in [5.74, 6) is 0.0694. The molecule has 0 aromatic rings. The second-order valence-electron chi connectivity index (χ2n) is 9.33. The van der Waals surface area contributed by atoms with Crippen LogP contribution in [0.2, 0.25) is 0 Å². The van der Waals surface area contributed by atoms with E-state index in [4.69, 9.17) is 4.74 Å². The normalized spacial score (nSPS) is 12.1. The van der Waals surface area contributed by atoms with E-state index >= 15 is 0 Å². The molecular formula is C27H52O3. The van der Waals surface area contributed by atoms with Gasteiger partial charge in [-0.25, -0.2) is 0 Å². The van der Waals surface area contributed by atoms with Gasteiger partial charge in [-0.1, -0.05) is 130 Å². The van der Waals surface area contributed by atoms with E-state index in [9.17, 15) is 9.59 Å². The molecule has 0 aliphatic carbocycles. The number of hydrogen-bond acceptors (Lipinski definition) is 3. The van der Waals surface area contributed by atoms with Crippen LogP contribution in [0.25, 0.3) is 0 Å². The van der Waals surface area contributed by atoms with Crippen molar-refractivity contribution in [3.05, 3.63) is 0 Å². The molecule has 178 valence electrons. The number of unbranched alkanes of at least 4 members (excludes halogenated alkanes) is 14.